The van der Waals surface area contributed by atoms with Crippen LogP contribution in [0.1, 0.15) is 11.5 Å². The average Bonchev–Trinajstić information content (AvgIpc) is 2.49. The molecule has 2 heterocycles. The number of nitrogens with zero attached hydrogens (tertiary/aromatic N) is 4. The topological polar surface area (TPSA) is 69.6 Å². The molecule has 5 nitrogen and oxygen atoms in total. The van der Waals surface area contributed by atoms with Gasteiger partial charge in [-0.2, -0.15) is 5.10 Å². The lowest BCUT2D eigenvalue weighted by molar-refractivity contribution is 0.654. The Morgan fingerprint density at radius 3 is 2.87 bits per heavy atom. The minimum Gasteiger partial charge on any atom is -0.384 e. The Morgan fingerprint density at radius 1 is 1.47 bits per heavy atom. The van der Waals surface area contributed by atoms with Crippen molar-refractivity contribution in [3.8, 4) is 0 Å². The molecule has 0 aliphatic heterocycles. The predicted molar refractivity (Wildman–Crippen MR) is 57.5 cm³/mol. The van der Waals surface area contributed by atoms with Crippen molar-refractivity contribution in [3.05, 3.63) is 35.0 Å². The molecule has 0 amide bonds. The summed E-state index contributed by atoms with van der Waals surface area (Å²) in [5, 5.41) is 4.63. The largest absolute Gasteiger partial charge is 0.384 e. The van der Waals surface area contributed by atoms with E-state index >= 15 is 0 Å². The molecule has 0 saturated heterocycles. The Bertz CT molecular complexity index is 459. The summed E-state index contributed by atoms with van der Waals surface area (Å²) in [6.45, 7) is 2.34. The first kappa shape index (κ1) is 9.92. The summed E-state index contributed by atoms with van der Waals surface area (Å²) in [6, 6.07) is 1.72. The number of nitrogen functional groups attached to an aromatic ring is 1. The molecule has 0 radical (unpaired) electrons. The molecule has 0 fully saturated rings. The summed E-state index contributed by atoms with van der Waals surface area (Å²) < 4.78 is 1.66. The van der Waals surface area contributed by atoms with Gasteiger partial charge in [0.05, 0.1) is 11.2 Å². The predicted octanol–water partition coefficient (Wildman–Crippen LogP) is 1.27. The highest BCUT2D eigenvalue weighted by molar-refractivity contribution is 6.30. The number of nitrogens with two attached hydrogens (primary N) is 1. The Morgan fingerprint density at radius 2 is 2.27 bits per heavy atom. The lowest BCUT2D eigenvalue weighted by Gasteiger charge is -2.02. The van der Waals surface area contributed by atoms with E-state index in [1.807, 2.05) is 6.92 Å². The molecule has 0 bridgehead atoms. The van der Waals surface area contributed by atoms with Crippen molar-refractivity contribution in [3.63, 3.8) is 0 Å². The van der Waals surface area contributed by atoms with Gasteiger partial charge in [-0.1, -0.05) is 11.6 Å². The third-order valence-corrected chi connectivity index (χ3v) is 2.02. The van der Waals surface area contributed by atoms with Crippen LogP contribution in [0.5, 0.6) is 0 Å². The van der Waals surface area contributed by atoms with Crippen LogP contribution in [-0.2, 0) is 6.54 Å². The van der Waals surface area contributed by atoms with Crippen LogP contribution in [-0.4, -0.2) is 19.7 Å². The zero-order valence-corrected chi connectivity index (χ0v) is 8.94. The van der Waals surface area contributed by atoms with Crippen molar-refractivity contribution in [2.45, 2.75) is 13.5 Å². The van der Waals surface area contributed by atoms with Crippen molar-refractivity contribution in [1.82, 2.24) is 19.7 Å². The molecule has 0 unspecified atom stereocenters. The molecule has 2 aromatic rings. The molecular weight excluding hydrogens is 214 g/mol. The first-order valence-electron chi connectivity index (χ1n) is 4.41. The zero-order chi connectivity index (χ0) is 10.8. The smallest absolute Gasteiger partial charge is 0.152 e. The van der Waals surface area contributed by atoms with Gasteiger partial charge in [0.15, 0.2) is 5.82 Å². The monoisotopic (exact) mass is 223 g/mol. The van der Waals surface area contributed by atoms with Crippen molar-refractivity contribution < 1.29 is 0 Å². The molecule has 0 aliphatic carbocycles. The Kier molecular flexibility index (Phi) is 2.55. The number of hydrogen-bond acceptors (Lipinski definition) is 4. The Labute approximate surface area is 91.9 Å². The maximum atomic E-state index is 5.74. The molecule has 15 heavy (non-hydrogen) atoms. The molecule has 0 spiro atoms. The average molecular weight is 224 g/mol. The van der Waals surface area contributed by atoms with Crippen molar-refractivity contribution in [1.29, 1.82) is 0 Å². The first-order chi connectivity index (χ1) is 7.13. The lowest BCUT2D eigenvalue weighted by Crippen LogP contribution is -2.07. The zero-order valence-electron chi connectivity index (χ0n) is 8.18. The molecular formula is C9H10ClN5. The fraction of sp³-hybridized carbons (Fsp3) is 0.222. The van der Waals surface area contributed by atoms with Gasteiger partial charge in [-0.25, -0.2) is 9.97 Å². The van der Waals surface area contributed by atoms with Crippen LogP contribution < -0.4 is 5.73 Å². The van der Waals surface area contributed by atoms with Gasteiger partial charge >= 0.3 is 0 Å². The third-order valence-electron chi connectivity index (χ3n) is 1.83. The van der Waals surface area contributed by atoms with E-state index in [1.165, 1.54) is 0 Å². The summed E-state index contributed by atoms with van der Waals surface area (Å²) in [7, 11) is 0. The number of aryl methyl sites for hydroxylation is 1. The number of aromatic nitrogens is 4. The number of anilines is 1. The molecule has 0 saturated carbocycles. The van der Waals surface area contributed by atoms with E-state index in [2.05, 4.69) is 15.1 Å². The summed E-state index contributed by atoms with van der Waals surface area (Å²) in [5.74, 6) is 1.10. The van der Waals surface area contributed by atoms with E-state index in [0.29, 0.717) is 23.2 Å². The molecule has 2 aromatic heterocycles. The van der Waals surface area contributed by atoms with E-state index < -0.39 is 0 Å². The Hall–Kier alpha value is -1.62. The van der Waals surface area contributed by atoms with E-state index in [0.717, 1.165) is 5.69 Å². The van der Waals surface area contributed by atoms with E-state index in [-0.39, 0.29) is 0 Å². The number of halogens is 1. The van der Waals surface area contributed by atoms with Gasteiger partial charge in [-0.15, -0.1) is 0 Å². The first-order valence-corrected chi connectivity index (χ1v) is 4.79. The van der Waals surface area contributed by atoms with Gasteiger partial charge in [0.2, 0.25) is 0 Å². The van der Waals surface area contributed by atoms with Gasteiger partial charge < -0.3 is 5.73 Å². The van der Waals surface area contributed by atoms with Gasteiger partial charge in [-0.05, 0) is 6.92 Å². The summed E-state index contributed by atoms with van der Waals surface area (Å²) in [6.07, 6.45) is 3.28. The van der Waals surface area contributed by atoms with Gasteiger partial charge in [0.1, 0.15) is 12.4 Å². The Balaban J connectivity index is 2.24. The van der Waals surface area contributed by atoms with Gasteiger partial charge in [-0.3, -0.25) is 4.68 Å². The van der Waals surface area contributed by atoms with Crippen LogP contribution in [0, 0.1) is 6.92 Å². The highest BCUT2D eigenvalue weighted by atomic mass is 35.5. The molecule has 0 aliphatic rings. The van der Waals surface area contributed by atoms with Crippen LogP contribution in [0.25, 0.3) is 0 Å². The quantitative estimate of drug-likeness (QED) is 0.832. The second kappa shape index (κ2) is 3.86. The lowest BCUT2D eigenvalue weighted by atomic mass is 10.4. The summed E-state index contributed by atoms with van der Waals surface area (Å²) >= 11 is 5.74. The molecule has 6 heteroatoms. The summed E-state index contributed by atoms with van der Waals surface area (Å²) in [4.78, 5) is 8.34. The van der Waals surface area contributed by atoms with Gasteiger partial charge in [0, 0.05) is 18.0 Å². The molecule has 2 N–H and O–H groups in total. The second-order valence-corrected chi connectivity index (χ2v) is 3.64. The maximum Gasteiger partial charge on any atom is 0.152 e. The summed E-state index contributed by atoms with van der Waals surface area (Å²) in [5.41, 5.74) is 6.45. The van der Waals surface area contributed by atoms with Crippen molar-refractivity contribution >= 4 is 17.4 Å². The SMILES string of the molecule is Cc1cc(N)nc(Cn2cc(Cl)cn2)n1. The normalized spacial score (nSPS) is 10.5. The fourth-order valence-corrected chi connectivity index (χ4v) is 1.45. The second-order valence-electron chi connectivity index (χ2n) is 3.21. The minimum atomic E-state index is 0.468. The molecule has 0 atom stereocenters. The highest BCUT2D eigenvalue weighted by Crippen LogP contribution is 2.07. The van der Waals surface area contributed by atoms with Crippen molar-refractivity contribution in [2.75, 3.05) is 5.73 Å². The molecule has 2 rings (SSSR count). The van der Waals surface area contributed by atoms with Crippen LogP contribution in [0.3, 0.4) is 0 Å². The van der Waals surface area contributed by atoms with E-state index in [4.69, 9.17) is 17.3 Å². The van der Waals surface area contributed by atoms with Gasteiger partial charge in [0.25, 0.3) is 0 Å². The molecule has 0 aromatic carbocycles. The fourth-order valence-electron chi connectivity index (χ4n) is 1.30. The van der Waals surface area contributed by atoms with E-state index in [1.54, 1.807) is 23.1 Å². The standard InChI is InChI=1S/C9H10ClN5/c1-6-2-8(11)14-9(13-6)5-15-4-7(10)3-12-15/h2-4H,5H2,1H3,(H2,11,13,14). The van der Waals surface area contributed by atoms with E-state index in [9.17, 15) is 0 Å². The maximum absolute atomic E-state index is 5.74. The van der Waals surface area contributed by atoms with Crippen LogP contribution in [0.4, 0.5) is 5.82 Å². The highest BCUT2D eigenvalue weighted by Gasteiger charge is 2.02. The number of rotatable bonds is 2. The van der Waals surface area contributed by atoms with Crippen LogP contribution in [0.2, 0.25) is 5.02 Å². The molecule has 78 valence electrons. The number of hydrogen-bond donors (Lipinski definition) is 1. The third kappa shape index (κ3) is 2.44. The van der Waals surface area contributed by atoms with Crippen LogP contribution in [0.15, 0.2) is 18.5 Å². The minimum absolute atomic E-state index is 0.468. The van der Waals surface area contributed by atoms with Crippen molar-refractivity contribution in [2.24, 2.45) is 0 Å². The van der Waals surface area contributed by atoms with Crippen LogP contribution >= 0.6 is 11.6 Å².